The van der Waals surface area contributed by atoms with Gasteiger partial charge in [-0.05, 0) is 32.0 Å². The summed E-state index contributed by atoms with van der Waals surface area (Å²) in [5, 5.41) is 5.26. The van der Waals surface area contributed by atoms with Crippen molar-refractivity contribution in [2.24, 2.45) is 0 Å². The van der Waals surface area contributed by atoms with Gasteiger partial charge in [-0.1, -0.05) is 52.8 Å². The van der Waals surface area contributed by atoms with E-state index < -0.39 is 0 Å². The van der Waals surface area contributed by atoms with Crippen LogP contribution in [0.2, 0.25) is 0 Å². The second-order valence-corrected chi connectivity index (χ2v) is 9.45. The lowest BCUT2D eigenvalue weighted by Gasteiger charge is -2.34. The minimum Gasteiger partial charge on any atom is -0.336 e. The molecule has 1 fully saturated rings. The predicted octanol–water partition coefficient (Wildman–Crippen LogP) is 3.39. The number of hydrogen-bond acceptors (Lipinski definition) is 6. The highest BCUT2D eigenvalue weighted by molar-refractivity contribution is 7.19. The number of carbonyl (C=O) groups is 1. The number of carbonyl (C=O) groups excluding carboxylic acids is 1. The van der Waals surface area contributed by atoms with Crippen molar-refractivity contribution in [1.82, 2.24) is 24.4 Å². The van der Waals surface area contributed by atoms with Crippen LogP contribution in [0.5, 0.6) is 0 Å². The summed E-state index contributed by atoms with van der Waals surface area (Å²) in [5.41, 5.74) is 4.57. The standard InChI is InChI=1S/C25H25N5O2S/c1-17-6-8-19(9-7-17)24(32)29-12-10-28(11-13-29)16-21-15-22(31)30-25(26-21)33-23(27-30)20-5-3-4-18(2)14-20/h3-9,14-15H,10-13,16H2,1-2H3. The molecule has 7 nitrogen and oxygen atoms in total. The van der Waals surface area contributed by atoms with Gasteiger partial charge in [0.05, 0.1) is 5.69 Å². The summed E-state index contributed by atoms with van der Waals surface area (Å²) in [6.07, 6.45) is 0. The number of piperazine rings is 1. The van der Waals surface area contributed by atoms with Gasteiger partial charge in [0, 0.05) is 49.9 Å². The van der Waals surface area contributed by atoms with Crippen LogP contribution in [0.4, 0.5) is 0 Å². The van der Waals surface area contributed by atoms with Gasteiger partial charge in [0.15, 0.2) is 0 Å². The Morgan fingerprint density at radius 3 is 2.45 bits per heavy atom. The van der Waals surface area contributed by atoms with Crippen LogP contribution in [0.25, 0.3) is 15.5 Å². The van der Waals surface area contributed by atoms with Crippen molar-refractivity contribution in [3.63, 3.8) is 0 Å². The molecule has 0 aliphatic carbocycles. The number of nitrogens with zero attached hydrogens (tertiary/aromatic N) is 5. The molecule has 8 heteroatoms. The van der Waals surface area contributed by atoms with Crippen molar-refractivity contribution in [1.29, 1.82) is 0 Å². The molecular weight excluding hydrogens is 434 g/mol. The van der Waals surface area contributed by atoms with E-state index in [2.05, 4.69) is 16.1 Å². The van der Waals surface area contributed by atoms with E-state index in [1.165, 1.54) is 15.9 Å². The molecule has 0 atom stereocenters. The van der Waals surface area contributed by atoms with Crippen molar-refractivity contribution >= 4 is 22.2 Å². The van der Waals surface area contributed by atoms with Crippen LogP contribution in [0, 0.1) is 13.8 Å². The first-order chi connectivity index (χ1) is 16.0. The number of aryl methyl sites for hydroxylation is 2. The predicted molar refractivity (Wildman–Crippen MR) is 130 cm³/mol. The monoisotopic (exact) mass is 459 g/mol. The zero-order valence-electron chi connectivity index (χ0n) is 18.7. The summed E-state index contributed by atoms with van der Waals surface area (Å²) in [6.45, 7) is 7.44. The SMILES string of the molecule is Cc1ccc(C(=O)N2CCN(Cc3cc(=O)n4nc(-c5cccc(C)c5)sc4n3)CC2)cc1. The molecule has 1 aliphatic heterocycles. The normalized spacial score (nSPS) is 14.7. The smallest absolute Gasteiger partial charge is 0.275 e. The van der Waals surface area contributed by atoms with Crippen LogP contribution in [0.3, 0.4) is 0 Å². The second-order valence-electron chi connectivity index (χ2n) is 8.49. The van der Waals surface area contributed by atoms with E-state index in [-0.39, 0.29) is 11.5 Å². The Kier molecular flexibility index (Phi) is 5.78. The molecule has 0 N–H and O–H groups in total. The second kappa shape index (κ2) is 8.88. The van der Waals surface area contributed by atoms with Crippen LogP contribution in [0.15, 0.2) is 59.4 Å². The van der Waals surface area contributed by atoms with Gasteiger partial charge in [0.25, 0.3) is 11.5 Å². The van der Waals surface area contributed by atoms with E-state index in [0.717, 1.165) is 46.0 Å². The molecule has 5 rings (SSSR count). The van der Waals surface area contributed by atoms with Gasteiger partial charge < -0.3 is 4.90 Å². The van der Waals surface area contributed by atoms with Crippen LogP contribution in [-0.2, 0) is 6.54 Å². The minimum atomic E-state index is -0.168. The van der Waals surface area contributed by atoms with Gasteiger partial charge in [0.2, 0.25) is 4.96 Å². The number of fused-ring (bicyclic) bond motifs is 1. The number of benzene rings is 2. The van der Waals surface area contributed by atoms with Crippen molar-refractivity contribution in [3.05, 3.63) is 87.3 Å². The Hall–Kier alpha value is -3.36. The van der Waals surface area contributed by atoms with Gasteiger partial charge in [-0.2, -0.15) is 9.61 Å². The van der Waals surface area contributed by atoms with E-state index in [0.29, 0.717) is 24.6 Å². The molecule has 33 heavy (non-hydrogen) atoms. The Bertz CT molecular complexity index is 1370. The molecule has 2 aromatic heterocycles. The summed E-state index contributed by atoms with van der Waals surface area (Å²) in [5.74, 6) is 0.0702. The highest BCUT2D eigenvalue weighted by Gasteiger charge is 2.23. The highest BCUT2D eigenvalue weighted by atomic mass is 32.1. The third kappa shape index (κ3) is 4.58. The number of aromatic nitrogens is 3. The molecule has 1 aliphatic rings. The van der Waals surface area contributed by atoms with Gasteiger partial charge in [-0.25, -0.2) is 4.98 Å². The molecule has 4 aromatic rings. The third-order valence-corrected chi connectivity index (χ3v) is 6.86. The summed E-state index contributed by atoms with van der Waals surface area (Å²) in [4.78, 5) is 34.9. The minimum absolute atomic E-state index is 0.0702. The van der Waals surface area contributed by atoms with Gasteiger partial charge in [-0.15, -0.1) is 0 Å². The molecule has 1 saturated heterocycles. The average molecular weight is 460 g/mol. The summed E-state index contributed by atoms with van der Waals surface area (Å²) >= 11 is 1.42. The fourth-order valence-electron chi connectivity index (χ4n) is 4.05. The molecule has 0 saturated carbocycles. The lowest BCUT2D eigenvalue weighted by atomic mass is 10.1. The molecule has 0 spiro atoms. The van der Waals surface area contributed by atoms with E-state index in [1.54, 1.807) is 6.07 Å². The zero-order chi connectivity index (χ0) is 22.9. The lowest BCUT2D eigenvalue weighted by molar-refractivity contribution is 0.0627. The maximum Gasteiger partial charge on any atom is 0.275 e. The summed E-state index contributed by atoms with van der Waals surface area (Å²) in [6, 6.07) is 17.3. The molecule has 168 valence electrons. The van der Waals surface area contributed by atoms with E-state index in [4.69, 9.17) is 4.98 Å². The number of amides is 1. The molecule has 0 bridgehead atoms. The quantitative estimate of drug-likeness (QED) is 0.468. The van der Waals surface area contributed by atoms with Gasteiger partial charge in [-0.3, -0.25) is 14.5 Å². The van der Waals surface area contributed by atoms with Crippen molar-refractivity contribution in [2.45, 2.75) is 20.4 Å². The van der Waals surface area contributed by atoms with Crippen molar-refractivity contribution in [3.8, 4) is 10.6 Å². The first-order valence-corrected chi connectivity index (χ1v) is 11.8. The van der Waals surface area contributed by atoms with Gasteiger partial charge in [0.1, 0.15) is 5.01 Å². The Morgan fingerprint density at radius 1 is 0.970 bits per heavy atom. The van der Waals surface area contributed by atoms with E-state index in [9.17, 15) is 9.59 Å². The Labute approximate surface area is 195 Å². The lowest BCUT2D eigenvalue weighted by Crippen LogP contribution is -2.48. The molecule has 0 unspecified atom stereocenters. The van der Waals surface area contributed by atoms with Crippen LogP contribution >= 0.6 is 11.3 Å². The largest absolute Gasteiger partial charge is 0.336 e. The molecular formula is C25H25N5O2S. The van der Waals surface area contributed by atoms with Crippen molar-refractivity contribution < 1.29 is 4.79 Å². The van der Waals surface area contributed by atoms with E-state index in [1.807, 2.05) is 61.2 Å². The first kappa shape index (κ1) is 21.5. The van der Waals surface area contributed by atoms with Crippen LogP contribution < -0.4 is 5.56 Å². The zero-order valence-corrected chi connectivity index (χ0v) is 19.5. The van der Waals surface area contributed by atoms with Crippen LogP contribution in [-0.4, -0.2) is 56.5 Å². The molecule has 1 amide bonds. The Balaban J connectivity index is 1.27. The molecule has 3 heterocycles. The van der Waals surface area contributed by atoms with Crippen molar-refractivity contribution in [2.75, 3.05) is 26.2 Å². The maximum atomic E-state index is 12.8. The average Bonchev–Trinajstić information content (AvgIpc) is 3.25. The highest BCUT2D eigenvalue weighted by Crippen LogP contribution is 2.25. The van der Waals surface area contributed by atoms with Gasteiger partial charge >= 0.3 is 0 Å². The number of rotatable bonds is 4. The maximum absolute atomic E-state index is 12.8. The summed E-state index contributed by atoms with van der Waals surface area (Å²) in [7, 11) is 0. The molecule has 2 aromatic carbocycles. The fraction of sp³-hybridized carbons (Fsp3) is 0.280. The van der Waals surface area contributed by atoms with E-state index >= 15 is 0 Å². The topological polar surface area (TPSA) is 70.8 Å². The molecule has 0 radical (unpaired) electrons. The fourth-order valence-corrected chi connectivity index (χ4v) is 4.97. The Morgan fingerprint density at radius 2 is 1.73 bits per heavy atom. The summed E-state index contributed by atoms with van der Waals surface area (Å²) < 4.78 is 1.38. The number of hydrogen-bond donors (Lipinski definition) is 0. The third-order valence-electron chi connectivity index (χ3n) is 5.91. The van der Waals surface area contributed by atoms with Crippen LogP contribution in [0.1, 0.15) is 27.2 Å². The first-order valence-electron chi connectivity index (χ1n) is 11.0.